The zero-order valence-electron chi connectivity index (χ0n) is 10.4. The highest BCUT2D eigenvalue weighted by atomic mass is 127. The molecule has 2 heterocycles. The van der Waals surface area contributed by atoms with E-state index in [-0.39, 0.29) is 29.9 Å². The van der Waals surface area contributed by atoms with Crippen molar-refractivity contribution in [2.75, 3.05) is 0 Å². The van der Waals surface area contributed by atoms with Crippen molar-refractivity contribution < 1.29 is 4.42 Å². The van der Waals surface area contributed by atoms with Crippen LogP contribution in [0.4, 0.5) is 0 Å². The second kappa shape index (κ2) is 6.23. The van der Waals surface area contributed by atoms with Gasteiger partial charge in [0.1, 0.15) is 12.3 Å². The van der Waals surface area contributed by atoms with E-state index in [1.165, 1.54) is 0 Å². The summed E-state index contributed by atoms with van der Waals surface area (Å²) in [7, 11) is 0. The minimum atomic E-state index is 0. The molecule has 0 aliphatic heterocycles. The first-order chi connectivity index (χ1) is 9.22. The SMILES string of the molecule is I.NC(N)=NCc1ccc(-c2nc3ccccc3s2)o1. The Hall–Kier alpha value is -1.61. The van der Waals surface area contributed by atoms with E-state index in [0.717, 1.165) is 21.0 Å². The van der Waals surface area contributed by atoms with Gasteiger partial charge in [-0.3, -0.25) is 0 Å². The number of benzene rings is 1. The summed E-state index contributed by atoms with van der Waals surface area (Å²) in [6.07, 6.45) is 0. The lowest BCUT2D eigenvalue weighted by Crippen LogP contribution is -2.22. The Labute approximate surface area is 136 Å². The third-order valence-electron chi connectivity index (χ3n) is 2.58. The molecule has 0 radical (unpaired) electrons. The average Bonchev–Trinajstić information content (AvgIpc) is 3.02. The van der Waals surface area contributed by atoms with Crippen LogP contribution in [0, 0.1) is 0 Å². The van der Waals surface area contributed by atoms with Gasteiger partial charge in [-0.05, 0) is 24.3 Å². The summed E-state index contributed by atoms with van der Waals surface area (Å²) in [4.78, 5) is 8.44. The molecule has 3 aromatic rings. The molecule has 0 atom stereocenters. The average molecular weight is 400 g/mol. The number of nitrogens with two attached hydrogens (primary N) is 2. The molecule has 0 aliphatic carbocycles. The van der Waals surface area contributed by atoms with Crippen LogP contribution in [-0.2, 0) is 6.54 Å². The van der Waals surface area contributed by atoms with Crippen LogP contribution in [0.3, 0.4) is 0 Å². The molecule has 0 aliphatic rings. The number of rotatable bonds is 3. The molecule has 4 N–H and O–H groups in total. The second-order valence-electron chi connectivity index (χ2n) is 3.99. The Morgan fingerprint density at radius 3 is 2.75 bits per heavy atom. The van der Waals surface area contributed by atoms with Gasteiger partial charge in [-0.15, -0.1) is 35.3 Å². The molecule has 7 heteroatoms. The fourth-order valence-electron chi connectivity index (χ4n) is 1.72. The van der Waals surface area contributed by atoms with Crippen LogP contribution in [0.25, 0.3) is 21.0 Å². The maximum Gasteiger partial charge on any atom is 0.186 e. The Bertz CT molecular complexity index is 713. The number of aliphatic imine (C=N–C) groups is 1. The molecule has 0 amide bonds. The van der Waals surface area contributed by atoms with Crippen molar-refractivity contribution in [1.29, 1.82) is 0 Å². The summed E-state index contributed by atoms with van der Waals surface area (Å²) >= 11 is 1.60. The summed E-state index contributed by atoms with van der Waals surface area (Å²) in [6.45, 7) is 0.341. The lowest BCUT2D eigenvalue weighted by atomic mass is 10.3. The minimum Gasteiger partial charge on any atom is -0.457 e. The van der Waals surface area contributed by atoms with E-state index in [1.54, 1.807) is 11.3 Å². The van der Waals surface area contributed by atoms with Crippen molar-refractivity contribution in [1.82, 2.24) is 4.98 Å². The lowest BCUT2D eigenvalue weighted by Gasteiger charge is -1.92. The van der Waals surface area contributed by atoms with Crippen molar-refractivity contribution in [3.8, 4) is 10.8 Å². The maximum absolute atomic E-state index is 5.68. The number of nitrogens with zero attached hydrogens (tertiary/aromatic N) is 2. The number of halogens is 1. The third kappa shape index (κ3) is 3.10. The van der Waals surface area contributed by atoms with E-state index < -0.39 is 0 Å². The van der Waals surface area contributed by atoms with Crippen LogP contribution in [0.1, 0.15) is 5.76 Å². The van der Waals surface area contributed by atoms with Gasteiger partial charge in [0.05, 0.1) is 10.2 Å². The monoisotopic (exact) mass is 400 g/mol. The maximum atomic E-state index is 5.68. The summed E-state index contributed by atoms with van der Waals surface area (Å²) < 4.78 is 6.82. The summed E-state index contributed by atoms with van der Waals surface area (Å²) in [6, 6.07) is 11.7. The van der Waals surface area contributed by atoms with E-state index in [0.29, 0.717) is 12.3 Å². The molecule has 0 saturated heterocycles. The van der Waals surface area contributed by atoms with Gasteiger partial charge in [-0.25, -0.2) is 9.98 Å². The first-order valence-corrected chi connectivity index (χ1v) is 6.54. The highest BCUT2D eigenvalue weighted by Gasteiger charge is 2.10. The molecule has 1 aromatic carbocycles. The molecule has 0 unspecified atom stereocenters. The number of hydrogen-bond acceptors (Lipinski definition) is 4. The van der Waals surface area contributed by atoms with Crippen molar-refractivity contribution in [2.45, 2.75) is 6.54 Å². The van der Waals surface area contributed by atoms with E-state index in [9.17, 15) is 0 Å². The zero-order valence-corrected chi connectivity index (χ0v) is 13.6. The molecule has 0 fully saturated rings. The van der Waals surface area contributed by atoms with Crippen molar-refractivity contribution in [3.05, 3.63) is 42.2 Å². The topological polar surface area (TPSA) is 90.4 Å². The van der Waals surface area contributed by atoms with Crippen LogP contribution in [0.5, 0.6) is 0 Å². The number of thiazole rings is 1. The van der Waals surface area contributed by atoms with Crippen molar-refractivity contribution in [3.63, 3.8) is 0 Å². The summed E-state index contributed by atoms with van der Waals surface area (Å²) in [5.74, 6) is 1.50. The number of fused-ring (bicyclic) bond motifs is 1. The van der Waals surface area contributed by atoms with E-state index in [1.807, 2.05) is 36.4 Å². The first-order valence-electron chi connectivity index (χ1n) is 5.72. The predicted molar refractivity (Wildman–Crippen MR) is 92.3 cm³/mol. The zero-order chi connectivity index (χ0) is 13.2. The van der Waals surface area contributed by atoms with E-state index >= 15 is 0 Å². The van der Waals surface area contributed by atoms with Gasteiger partial charge in [0.15, 0.2) is 16.7 Å². The number of furan rings is 1. The predicted octanol–water partition coefficient (Wildman–Crippen LogP) is 2.95. The van der Waals surface area contributed by atoms with Crippen LogP contribution in [-0.4, -0.2) is 10.9 Å². The van der Waals surface area contributed by atoms with Gasteiger partial charge < -0.3 is 15.9 Å². The number of aromatic nitrogens is 1. The Balaban J connectivity index is 0.00000147. The van der Waals surface area contributed by atoms with Crippen LogP contribution >= 0.6 is 35.3 Å². The normalized spacial score (nSPS) is 10.2. The fourth-order valence-corrected chi connectivity index (χ4v) is 2.65. The Morgan fingerprint density at radius 1 is 1.20 bits per heavy atom. The molecule has 104 valence electrons. The molecular weight excluding hydrogens is 387 g/mol. The minimum absolute atomic E-state index is 0. The van der Waals surface area contributed by atoms with Gasteiger partial charge in [0, 0.05) is 0 Å². The lowest BCUT2D eigenvalue weighted by molar-refractivity contribution is 0.525. The number of para-hydroxylation sites is 1. The van der Waals surface area contributed by atoms with Crippen molar-refractivity contribution in [2.24, 2.45) is 16.5 Å². The molecule has 0 bridgehead atoms. The van der Waals surface area contributed by atoms with Crippen LogP contribution in [0.15, 0.2) is 45.8 Å². The van der Waals surface area contributed by atoms with Crippen molar-refractivity contribution >= 4 is 51.5 Å². The molecule has 20 heavy (non-hydrogen) atoms. The standard InChI is InChI=1S/C13H12N4OS.HI/c14-13(15)16-7-8-5-6-10(18-8)12-17-9-3-1-2-4-11(9)19-12;/h1-6H,7H2,(H4,14,15,16);1H. The largest absolute Gasteiger partial charge is 0.457 e. The summed E-state index contributed by atoms with van der Waals surface area (Å²) in [5.41, 5.74) is 11.5. The number of guanidine groups is 1. The molecule has 0 spiro atoms. The molecular formula is C13H13IN4OS. The van der Waals surface area contributed by atoms with Gasteiger partial charge in [0.25, 0.3) is 0 Å². The molecule has 0 saturated carbocycles. The quantitative estimate of drug-likeness (QED) is 0.402. The Kier molecular flexibility index (Phi) is 4.61. The second-order valence-corrected chi connectivity index (χ2v) is 5.02. The molecule has 5 nitrogen and oxygen atoms in total. The van der Waals surface area contributed by atoms with Crippen LogP contribution in [0.2, 0.25) is 0 Å². The first kappa shape index (κ1) is 14.8. The highest BCUT2D eigenvalue weighted by Crippen LogP contribution is 2.31. The number of hydrogen-bond donors (Lipinski definition) is 2. The summed E-state index contributed by atoms with van der Waals surface area (Å²) in [5, 5.41) is 0.858. The Morgan fingerprint density at radius 2 is 2.00 bits per heavy atom. The van der Waals surface area contributed by atoms with Gasteiger partial charge in [0.2, 0.25) is 0 Å². The van der Waals surface area contributed by atoms with Gasteiger partial charge >= 0.3 is 0 Å². The van der Waals surface area contributed by atoms with Gasteiger partial charge in [-0.1, -0.05) is 12.1 Å². The van der Waals surface area contributed by atoms with E-state index in [4.69, 9.17) is 15.9 Å². The fraction of sp³-hybridized carbons (Fsp3) is 0.0769. The highest BCUT2D eigenvalue weighted by molar-refractivity contribution is 14.0. The molecule has 2 aromatic heterocycles. The van der Waals surface area contributed by atoms with E-state index in [2.05, 4.69) is 9.98 Å². The smallest absolute Gasteiger partial charge is 0.186 e. The third-order valence-corrected chi connectivity index (χ3v) is 3.63. The van der Waals surface area contributed by atoms with Gasteiger partial charge in [-0.2, -0.15) is 0 Å². The van der Waals surface area contributed by atoms with Crippen LogP contribution < -0.4 is 11.5 Å². The molecule has 3 rings (SSSR count).